The van der Waals surface area contributed by atoms with Gasteiger partial charge in [0.05, 0.1) is 0 Å². The lowest BCUT2D eigenvalue weighted by molar-refractivity contribution is -0.118. The Hall–Kier alpha value is -3.60. The van der Waals surface area contributed by atoms with Crippen LogP contribution in [0.5, 0.6) is 5.75 Å². The first-order valence-corrected chi connectivity index (χ1v) is 9.87. The van der Waals surface area contributed by atoms with Crippen LogP contribution in [-0.4, -0.2) is 17.5 Å². The molecule has 152 valence electrons. The number of oxazole rings is 1. The molecule has 0 saturated heterocycles. The number of aromatic nitrogens is 1. The molecule has 4 aromatic rings. The van der Waals surface area contributed by atoms with Gasteiger partial charge in [-0.1, -0.05) is 18.2 Å². The molecule has 3 aromatic carbocycles. The average Bonchev–Trinajstić information content (AvgIpc) is 3.13. The highest BCUT2D eigenvalue weighted by Gasteiger charge is 2.12. The van der Waals surface area contributed by atoms with Crippen LogP contribution in [0.2, 0.25) is 0 Å². The third-order valence-electron chi connectivity index (χ3n) is 5.15. The summed E-state index contributed by atoms with van der Waals surface area (Å²) >= 11 is 0. The maximum absolute atomic E-state index is 12.4. The lowest BCUT2D eigenvalue weighted by atomic mass is 10.1. The fraction of sp³-hybridized carbons (Fsp3) is 0.200. The van der Waals surface area contributed by atoms with Crippen molar-refractivity contribution in [3.05, 3.63) is 76.9 Å². The number of nitrogens with zero attached hydrogens (tertiary/aromatic N) is 1. The Balaban J connectivity index is 1.49. The Morgan fingerprint density at radius 3 is 2.53 bits per heavy atom. The minimum atomic E-state index is -0.221. The molecular formula is C25H24N2O3. The standard InChI is InChI=1S/C25H24N2O3/c1-15-5-10-21-23(11-15)30-25(27-21)19-8-6-17(3)22(13-19)26-24(28)14-29-20-9-7-16(2)18(4)12-20/h5-13H,14H2,1-4H3,(H,26,28). The molecule has 0 atom stereocenters. The molecule has 0 fully saturated rings. The van der Waals surface area contributed by atoms with Gasteiger partial charge in [-0.25, -0.2) is 4.98 Å². The number of ether oxygens (including phenoxy) is 1. The zero-order valence-corrected chi connectivity index (χ0v) is 17.6. The van der Waals surface area contributed by atoms with E-state index in [0.717, 1.165) is 33.4 Å². The first-order chi connectivity index (χ1) is 14.4. The zero-order chi connectivity index (χ0) is 21.3. The van der Waals surface area contributed by atoms with E-state index in [4.69, 9.17) is 9.15 Å². The number of nitrogens with one attached hydrogen (secondary N) is 1. The third-order valence-corrected chi connectivity index (χ3v) is 5.15. The fourth-order valence-corrected chi connectivity index (χ4v) is 3.18. The highest BCUT2D eigenvalue weighted by atomic mass is 16.5. The Morgan fingerprint density at radius 1 is 0.933 bits per heavy atom. The van der Waals surface area contributed by atoms with E-state index in [2.05, 4.69) is 10.3 Å². The van der Waals surface area contributed by atoms with Crippen molar-refractivity contribution in [2.24, 2.45) is 0 Å². The summed E-state index contributed by atoms with van der Waals surface area (Å²) in [6.45, 7) is 7.96. The molecule has 1 amide bonds. The molecular weight excluding hydrogens is 376 g/mol. The Bertz CT molecular complexity index is 1240. The smallest absolute Gasteiger partial charge is 0.262 e. The SMILES string of the molecule is Cc1ccc2nc(-c3ccc(C)c(NC(=O)COc4ccc(C)c(C)c4)c3)oc2c1. The molecule has 5 nitrogen and oxygen atoms in total. The van der Waals surface area contributed by atoms with Crippen LogP contribution in [-0.2, 0) is 4.79 Å². The van der Waals surface area contributed by atoms with E-state index in [-0.39, 0.29) is 12.5 Å². The Labute approximate surface area is 175 Å². The average molecular weight is 400 g/mol. The lowest BCUT2D eigenvalue weighted by Crippen LogP contribution is -2.20. The van der Waals surface area contributed by atoms with Gasteiger partial charge in [-0.3, -0.25) is 4.79 Å². The molecule has 0 spiro atoms. The van der Waals surface area contributed by atoms with E-state index in [1.807, 2.05) is 82.3 Å². The molecule has 1 aromatic heterocycles. The molecule has 1 heterocycles. The van der Waals surface area contributed by atoms with Gasteiger partial charge in [0.15, 0.2) is 12.2 Å². The van der Waals surface area contributed by atoms with Gasteiger partial charge >= 0.3 is 0 Å². The largest absolute Gasteiger partial charge is 0.484 e. The minimum absolute atomic E-state index is 0.0612. The van der Waals surface area contributed by atoms with Crippen molar-refractivity contribution >= 4 is 22.7 Å². The normalized spacial score (nSPS) is 10.9. The number of carbonyl (C=O) groups is 1. The van der Waals surface area contributed by atoms with Crippen molar-refractivity contribution in [1.82, 2.24) is 4.98 Å². The summed E-state index contributed by atoms with van der Waals surface area (Å²) in [6.07, 6.45) is 0. The first-order valence-electron chi connectivity index (χ1n) is 9.87. The van der Waals surface area contributed by atoms with Crippen LogP contribution in [0.4, 0.5) is 5.69 Å². The summed E-state index contributed by atoms with van der Waals surface area (Å²) in [6, 6.07) is 17.5. The van der Waals surface area contributed by atoms with Gasteiger partial charge < -0.3 is 14.5 Å². The Kier molecular flexibility index (Phi) is 5.27. The van der Waals surface area contributed by atoms with Gasteiger partial charge in [0.1, 0.15) is 11.3 Å². The number of aryl methyl sites for hydroxylation is 4. The first kappa shape index (κ1) is 19.7. The highest BCUT2D eigenvalue weighted by Crippen LogP contribution is 2.28. The molecule has 0 aliphatic rings. The summed E-state index contributed by atoms with van der Waals surface area (Å²) in [4.78, 5) is 17.0. The van der Waals surface area contributed by atoms with Gasteiger partial charge in [0.25, 0.3) is 5.91 Å². The molecule has 30 heavy (non-hydrogen) atoms. The van der Waals surface area contributed by atoms with E-state index in [0.29, 0.717) is 17.3 Å². The maximum atomic E-state index is 12.4. The van der Waals surface area contributed by atoms with Crippen molar-refractivity contribution in [3.63, 3.8) is 0 Å². The van der Waals surface area contributed by atoms with Crippen molar-refractivity contribution in [3.8, 4) is 17.2 Å². The molecule has 5 heteroatoms. The van der Waals surface area contributed by atoms with E-state index in [9.17, 15) is 4.79 Å². The Morgan fingerprint density at radius 2 is 1.73 bits per heavy atom. The second-order valence-electron chi connectivity index (χ2n) is 7.60. The van der Waals surface area contributed by atoms with Crippen molar-refractivity contribution in [2.45, 2.75) is 27.7 Å². The van der Waals surface area contributed by atoms with Crippen molar-refractivity contribution in [1.29, 1.82) is 0 Å². The van der Waals surface area contributed by atoms with Gasteiger partial charge in [-0.05, 0) is 86.3 Å². The molecule has 0 radical (unpaired) electrons. The van der Waals surface area contributed by atoms with Crippen molar-refractivity contribution in [2.75, 3.05) is 11.9 Å². The monoisotopic (exact) mass is 400 g/mol. The lowest BCUT2D eigenvalue weighted by Gasteiger charge is -2.11. The number of hydrogen-bond acceptors (Lipinski definition) is 4. The number of benzene rings is 3. The number of carbonyl (C=O) groups excluding carboxylic acids is 1. The third kappa shape index (κ3) is 4.20. The maximum Gasteiger partial charge on any atom is 0.262 e. The van der Waals surface area contributed by atoms with E-state index >= 15 is 0 Å². The molecule has 0 aliphatic heterocycles. The second-order valence-corrected chi connectivity index (χ2v) is 7.60. The molecule has 0 aliphatic carbocycles. The topological polar surface area (TPSA) is 64.4 Å². The van der Waals surface area contributed by atoms with Gasteiger partial charge in [0, 0.05) is 11.3 Å². The summed E-state index contributed by atoms with van der Waals surface area (Å²) in [5.41, 5.74) is 7.45. The van der Waals surface area contributed by atoms with Crippen LogP contribution < -0.4 is 10.1 Å². The van der Waals surface area contributed by atoms with Crippen LogP contribution in [0.25, 0.3) is 22.6 Å². The fourth-order valence-electron chi connectivity index (χ4n) is 3.18. The quantitative estimate of drug-likeness (QED) is 0.463. The van der Waals surface area contributed by atoms with E-state index < -0.39 is 0 Å². The van der Waals surface area contributed by atoms with Gasteiger partial charge in [-0.2, -0.15) is 0 Å². The molecule has 4 rings (SSSR count). The second kappa shape index (κ2) is 8.03. The van der Waals surface area contributed by atoms with Crippen LogP contribution in [0.15, 0.2) is 59.0 Å². The number of rotatable bonds is 5. The number of fused-ring (bicyclic) bond motifs is 1. The summed E-state index contributed by atoms with van der Waals surface area (Å²) in [5, 5.41) is 2.93. The molecule has 1 N–H and O–H groups in total. The van der Waals surface area contributed by atoms with E-state index in [1.165, 1.54) is 5.56 Å². The van der Waals surface area contributed by atoms with Gasteiger partial charge in [-0.15, -0.1) is 0 Å². The number of hydrogen-bond donors (Lipinski definition) is 1. The number of amides is 1. The van der Waals surface area contributed by atoms with Gasteiger partial charge in [0.2, 0.25) is 5.89 Å². The summed E-state index contributed by atoms with van der Waals surface area (Å²) in [7, 11) is 0. The van der Waals surface area contributed by atoms with Crippen molar-refractivity contribution < 1.29 is 13.9 Å². The molecule has 0 saturated carbocycles. The van der Waals surface area contributed by atoms with Crippen LogP contribution >= 0.6 is 0 Å². The number of anilines is 1. The predicted molar refractivity (Wildman–Crippen MR) is 119 cm³/mol. The summed E-state index contributed by atoms with van der Waals surface area (Å²) < 4.78 is 11.6. The zero-order valence-electron chi connectivity index (χ0n) is 17.6. The van der Waals surface area contributed by atoms with Crippen LogP contribution in [0.1, 0.15) is 22.3 Å². The van der Waals surface area contributed by atoms with Crippen LogP contribution in [0, 0.1) is 27.7 Å². The highest BCUT2D eigenvalue weighted by molar-refractivity contribution is 5.93. The molecule has 0 bridgehead atoms. The van der Waals surface area contributed by atoms with Crippen LogP contribution in [0.3, 0.4) is 0 Å². The molecule has 0 unspecified atom stereocenters. The minimum Gasteiger partial charge on any atom is -0.484 e. The summed E-state index contributed by atoms with van der Waals surface area (Å²) in [5.74, 6) is 0.986. The predicted octanol–water partition coefficient (Wildman–Crippen LogP) is 5.75. The van der Waals surface area contributed by atoms with E-state index in [1.54, 1.807) is 0 Å².